The predicted octanol–water partition coefficient (Wildman–Crippen LogP) is 2.30. The summed E-state index contributed by atoms with van der Waals surface area (Å²) in [5, 5.41) is 4.34. The number of halogens is 3. The Morgan fingerprint density at radius 1 is 1.47 bits per heavy atom. The summed E-state index contributed by atoms with van der Waals surface area (Å²) in [5.41, 5.74) is 6.48. The number of nitrogens with two attached hydrogens (primary N) is 1. The molecule has 2 unspecified atom stereocenters. The standard InChI is InChI=1S/C12H20F3N3O/c1-3-9(2)18-5-4-11(17-18)6-10(16)7-19-8-12(13,14)15/h4-5,9-10H,3,6-8,16H2,1-2H3. The highest BCUT2D eigenvalue weighted by Crippen LogP contribution is 2.14. The molecule has 4 nitrogen and oxygen atoms in total. The van der Waals surface area contributed by atoms with Crippen LogP contribution in [0.5, 0.6) is 0 Å². The van der Waals surface area contributed by atoms with E-state index in [4.69, 9.17) is 5.73 Å². The van der Waals surface area contributed by atoms with Crippen LogP contribution in [0.25, 0.3) is 0 Å². The molecule has 1 rings (SSSR count). The monoisotopic (exact) mass is 279 g/mol. The van der Waals surface area contributed by atoms with E-state index in [-0.39, 0.29) is 6.61 Å². The van der Waals surface area contributed by atoms with E-state index in [0.717, 1.165) is 12.1 Å². The summed E-state index contributed by atoms with van der Waals surface area (Å²) in [5.74, 6) is 0. The van der Waals surface area contributed by atoms with Crippen molar-refractivity contribution in [2.24, 2.45) is 5.73 Å². The number of hydrogen-bond acceptors (Lipinski definition) is 3. The van der Waals surface area contributed by atoms with E-state index in [1.54, 1.807) is 0 Å². The van der Waals surface area contributed by atoms with Crippen molar-refractivity contribution in [3.63, 3.8) is 0 Å². The Bertz CT molecular complexity index is 379. The Labute approximate surface area is 110 Å². The number of hydrogen-bond donors (Lipinski definition) is 1. The molecule has 0 saturated carbocycles. The molecule has 1 aromatic heterocycles. The van der Waals surface area contributed by atoms with Gasteiger partial charge in [-0.05, 0) is 19.4 Å². The molecule has 2 atom stereocenters. The number of alkyl halides is 3. The Hall–Kier alpha value is -1.08. The Kier molecular flexibility index (Phi) is 5.81. The van der Waals surface area contributed by atoms with Gasteiger partial charge in [0.25, 0.3) is 0 Å². The number of nitrogens with zero attached hydrogens (tertiary/aromatic N) is 2. The molecular formula is C12H20F3N3O. The third kappa shape index (κ3) is 6.07. The van der Waals surface area contributed by atoms with Crippen LogP contribution in [0, 0.1) is 0 Å². The fraction of sp³-hybridized carbons (Fsp3) is 0.750. The molecule has 2 N–H and O–H groups in total. The van der Waals surface area contributed by atoms with Gasteiger partial charge in [-0.2, -0.15) is 18.3 Å². The molecule has 1 heterocycles. The predicted molar refractivity (Wildman–Crippen MR) is 65.8 cm³/mol. The van der Waals surface area contributed by atoms with Crippen LogP contribution in [0.4, 0.5) is 13.2 Å². The molecule has 0 amide bonds. The first-order valence-electron chi connectivity index (χ1n) is 6.26. The Morgan fingerprint density at radius 2 is 2.16 bits per heavy atom. The number of aromatic nitrogens is 2. The summed E-state index contributed by atoms with van der Waals surface area (Å²) in [6.07, 6.45) is -1.09. The van der Waals surface area contributed by atoms with Crippen molar-refractivity contribution in [3.05, 3.63) is 18.0 Å². The summed E-state index contributed by atoms with van der Waals surface area (Å²) in [6.45, 7) is 2.71. The van der Waals surface area contributed by atoms with Gasteiger partial charge < -0.3 is 10.5 Å². The van der Waals surface area contributed by atoms with Gasteiger partial charge in [0.15, 0.2) is 0 Å². The average molecular weight is 279 g/mol. The summed E-state index contributed by atoms with van der Waals surface area (Å²) >= 11 is 0. The van der Waals surface area contributed by atoms with Gasteiger partial charge >= 0.3 is 6.18 Å². The fourth-order valence-electron chi connectivity index (χ4n) is 1.57. The third-order valence-electron chi connectivity index (χ3n) is 2.77. The minimum absolute atomic E-state index is 0.129. The topological polar surface area (TPSA) is 53.1 Å². The van der Waals surface area contributed by atoms with Gasteiger partial charge in [0.1, 0.15) is 6.61 Å². The van der Waals surface area contributed by atoms with Crippen LogP contribution >= 0.6 is 0 Å². The molecule has 0 fully saturated rings. The smallest absolute Gasteiger partial charge is 0.370 e. The fourth-order valence-corrected chi connectivity index (χ4v) is 1.57. The first kappa shape index (κ1) is 16.0. The van der Waals surface area contributed by atoms with E-state index in [9.17, 15) is 13.2 Å². The van der Waals surface area contributed by atoms with Gasteiger partial charge in [-0.3, -0.25) is 4.68 Å². The van der Waals surface area contributed by atoms with E-state index in [1.807, 2.05) is 23.9 Å². The number of ether oxygens (including phenoxy) is 1. The van der Waals surface area contributed by atoms with Gasteiger partial charge in [0, 0.05) is 24.7 Å². The minimum Gasteiger partial charge on any atom is -0.370 e. The van der Waals surface area contributed by atoms with E-state index in [0.29, 0.717) is 12.5 Å². The maximum atomic E-state index is 11.9. The van der Waals surface area contributed by atoms with Crippen LogP contribution in [0.3, 0.4) is 0 Å². The number of rotatable bonds is 7. The largest absolute Gasteiger partial charge is 0.411 e. The van der Waals surface area contributed by atoms with E-state index >= 15 is 0 Å². The lowest BCUT2D eigenvalue weighted by atomic mass is 10.2. The van der Waals surface area contributed by atoms with Crippen LogP contribution in [0.15, 0.2) is 12.3 Å². The van der Waals surface area contributed by atoms with E-state index in [2.05, 4.69) is 16.8 Å². The molecular weight excluding hydrogens is 259 g/mol. The molecule has 0 aliphatic heterocycles. The van der Waals surface area contributed by atoms with Crippen molar-refractivity contribution in [3.8, 4) is 0 Å². The first-order chi connectivity index (χ1) is 8.81. The van der Waals surface area contributed by atoms with Crippen LogP contribution < -0.4 is 5.73 Å². The van der Waals surface area contributed by atoms with E-state index < -0.39 is 18.8 Å². The van der Waals surface area contributed by atoms with Gasteiger partial charge in [-0.1, -0.05) is 6.92 Å². The molecule has 0 aromatic carbocycles. The van der Waals surface area contributed by atoms with Crippen LogP contribution in [0.2, 0.25) is 0 Å². The maximum absolute atomic E-state index is 11.9. The zero-order chi connectivity index (χ0) is 14.5. The molecule has 7 heteroatoms. The van der Waals surface area contributed by atoms with Gasteiger partial charge in [0.05, 0.1) is 12.3 Å². The minimum atomic E-state index is -4.31. The average Bonchev–Trinajstić information content (AvgIpc) is 2.74. The second-order valence-corrected chi connectivity index (χ2v) is 4.64. The van der Waals surface area contributed by atoms with Crippen molar-refractivity contribution in [1.82, 2.24) is 9.78 Å². The zero-order valence-electron chi connectivity index (χ0n) is 11.2. The molecule has 0 spiro atoms. The van der Waals surface area contributed by atoms with Crippen LogP contribution in [0.1, 0.15) is 32.0 Å². The summed E-state index contributed by atoms with van der Waals surface area (Å²) in [6, 6.07) is 1.64. The lowest BCUT2D eigenvalue weighted by Gasteiger charge is -2.12. The van der Waals surface area contributed by atoms with Gasteiger partial charge in [0.2, 0.25) is 0 Å². The highest BCUT2D eigenvalue weighted by molar-refractivity contribution is 5.01. The van der Waals surface area contributed by atoms with Crippen molar-refractivity contribution in [2.75, 3.05) is 13.2 Å². The van der Waals surface area contributed by atoms with Crippen molar-refractivity contribution >= 4 is 0 Å². The second kappa shape index (κ2) is 6.91. The Balaban J connectivity index is 2.36. The molecule has 1 aromatic rings. The summed E-state index contributed by atoms with van der Waals surface area (Å²) in [7, 11) is 0. The third-order valence-corrected chi connectivity index (χ3v) is 2.77. The van der Waals surface area contributed by atoms with Crippen LogP contribution in [-0.4, -0.2) is 35.2 Å². The Morgan fingerprint density at radius 3 is 2.74 bits per heavy atom. The molecule has 0 aliphatic rings. The highest BCUT2D eigenvalue weighted by Gasteiger charge is 2.27. The summed E-state index contributed by atoms with van der Waals surface area (Å²) < 4.78 is 42.0. The SMILES string of the molecule is CCC(C)n1ccc(CC(N)COCC(F)(F)F)n1. The summed E-state index contributed by atoms with van der Waals surface area (Å²) in [4.78, 5) is 0. The molecule has 0 radical (unpaired) electrons. The lowest BCUT2D eigenvalue weighted by molar-refractivity contribution is -0.174. The molecule has 19 heavy (non-hydrogen) atoms. The van der Waals surface area contributed by atoms with Crippen molar-refractivity contribution in [1.29, 1.82) is 0 Å². The maximum Gasteiger partial charge on any atom is 0.411 e. The molecule has 0 bridgehead atoms. The van der Waals surface area contributed by atoms with Gasteiger partial charge in [-0.25, -0.2) is 0 Å². The van der Waals surface area contributed by atoms with Crippen LogP contribution in [-0.2, 0) is 11.2 Å². The normalized spacial score (nSPS) is 15.5. The second-order valence-electron chi connectivity index (χ2n) is 4.64. The quantitative estimate of drug-likeness (QED) is 0.833. The lowest BCUT2D eigenvalue weighted by Crippen LogP contribution is -2.31. The molecule has 0 aliphatic carbocycles. The van der Waals surface area contributed by atoms with Crippen molar-refractivity contribution < 1.29 is 17.9 Å². The van der Waals surface area contributed by atoms with Gasteiger partial charge in [-0.15, -0.1) is 0 Å². The highest BCUT2D eigenvalue weighted by atomic mass is 19.4. The first-order valence-corrected chi connectivity index (χ1v) is 6.26. The van der Waals surface area contributed by atoms with Crippen molar-refractivity contribution in [2.45, 2.75) is 44.9 Å². The van der Waals surface area contributed by atoms with E-state index in [1.165, 1.54) is 0 Å². The molecule has 110 valence electrons. The molecule has 0 saturated heterocycles. The zero-order valence-corrected chi connectivity index (χ0v) is 11.2.